The SMILES string of the molecule is O=C(COc1cccnc1)N[C@@H](Cc1coc2ccccc12)OB(O)O. The van der Waals surface area contributed by atoms with Gasteiger partial charge in [0, 0.05) is 23.6 Å². The van der Waals surface area contributed by atoms with Gasteiger partial charge in [0.2, 0.25) is 0 Å². The second-order valence-corrected chi connectivity index (χ2v) is 5.46. The van der Waals surface area contributed by atoms with Crippen molar-refractivity contribution < 1.29 is 28.7 Å². The van der Waals surface area contributed by atoms with Crippen molar-refractivity contribution in [2.75, 3.05) is 6.61 Å². The second kappa shape index (κ2) is 8.48. The minimum Gasteiger partial charge on any atom is -0.482 e. The van der Waals surface area contributed by atoms with E-state index in [0.29, 0.717) is 11.3 Å². The first kappa shape index (κ1) is 17.9. The van der Waals surface area contributed by atoms with Crippen molar-refractivity contribution in [3.63, 3.8) is 0 Å². The maximum Gasteiger partial charge on any atom is 0.635 e. The molecule has 26 heavy (non-hydrogen) atoms. The lowest BCUT2D eigenvalue weighted by Crippen LogP contribution is -2.44. The van der Waals surface area contributed by atoms with Crippen LogP contribution in [0.25, 0.3) is 11.0 Å². The average Bonchev–Trinajstić information content (AvgIpc) is 3.03. The van der Waals surface area contributed by atoms with E-state index in [0.717, 1.165) is 10.9 Å². The number of hydrogen-bond acceptors (Lipinski definition) is 7. The highest BCUT2D eigenvalue weighted by molar-refractivity contribution is 6.32. The number of carbonyl (C=O) groups is 1. The van der Waals surface area contributed by atoms with Gasteiger partial charge in [0.25, 0.3) is 5.91 Å². The van der Waals surface area contributed by atoms with Gasteiger partial charge in [-0.25, -0.2) is 0 Å². The Morgan fingerprint density at radius 1 is 1.27 bits per heavy atom. The number of nitrogens with zero attached hydrogens (tertiary/aromatic N) is 1. The molecule has 0 saturated carbocycles. The number of hydrogen-bond donors (Lipinski definition) is 3. The molecule has 0 aliphatic heterocycles. The Morgan fingerprint density at radius 3 is 2.88 bits per heavy atom. The van der Waals surface area contributed by atoms with E-state index in [1.165, 1.54) is 6.20 Å². The van der Waals surface area contributed by atoms with Crippen LogP contribution >= 0.6 is 0 Å². The first-order chi connectivity index (χ1) is 12.6. The van der Waals surface area contributed by atoms with Gasteiger partial charge in [-0.2, -0.15) is 0 Å². The summed E-state index contributed by atoms with van der Waals surface area (Å²) in [5, 5.41) is 21.6. The molecular weight excluding hydrogens is 339 g/mol. The summed E-state index contributed by atoms with van der Waals surface area (Å²) in [6.07, 6.45) is 3.84. The lowest BCUT2D eigenvalue weighted by molar-refractivity contribution is -0.126. The van der Waals surface area contributed by atoms with Crippen molar-refractivity contribution in [1.82, 2.24) is 10.3 Å². The molecule has 3 aromatic rings. The fourth-order valence-electron chi connectivity index (χ4n) is 2.47. The lowest BCUT2D eigenvalue weighted by atomic mass is 10.1. The third kappa shape index (κ3) is 4.82. The smallest absolute Gasteiger partial charge is 0.482 e. The Morgan fingerprint density at radius 2 is 2.12 bits per heavy atom. The first-order valence-electron chi connectivity index (χ1n) is 7.91. The van der Waals surface area contributed by atoms with Gasteiger partial charge >= 0.3 is 7.32 Å². The normalized spacial score (nSPS) is 11.9. The summed E-state index contributed by atoms with van der Waals surface area (Å²) in [5.41, 5.74) is 1.46. The van der Waals surface area contributed by atoms with Crippen LogP contribution in [-0.2, 0) is 15.9 Å². The Kier molecular flexibility index (Phi) is 5.85. The maximum absolute atomic E-state index is 12.1. The molecule has 3 N–H and O–H groups in total. The summed E-state index contributed by atoms with van der Waals surface area (Å²) in [4.78, 5) is 16.0. The standard InChI is InChI=1S/C17H17BN2O6/c21-16(11-24-13-4-3-7-19-9-13)20-17(26-18(22)23)8-12-10-25-15-6-2-1-5-14(12)15/h1-7,9-10,17,22-23H,8,11H2,(H,20,21)/t17-/m1/s1. The van der Waals surface area contributed by atoms with Crippen LogP contribution in [0.1, 0.15) is 5.56 Å². The highest BCUT2D eigenvalue weighted by Gasteiger charge is 2.22. The average molecular weight is 356 g/mol. The summed E-state index contributed by atoms with van der Waals surface area (Å²) in [6.45, 7) is -0.265. The molecule has 0 aliphatic rings. The molecule has 8 nitrogen and oxygen atoms in total. The molecule has 134 valence electrons. The molecule has 1 aromatic carbocycles. The number of amides is 1. The highest BCUT2D eigenvalue weighted by Crippen LogP contribution is 2.22. The Bertz CT molecular complexity index is 855. The predicted octanol–water partition coefficient (Wildman–Crippen LogP) is 0.878. The molecule has 9 heteroatoms. The molecule has 3 rings (SSSR count). The molecule has 0 fully saturated rings. The zero-order chi connectivity index (χ0) is 18.4. The van der Waals surface area contributed by atoms with Gasteiger partial charge in [-0.1, -0.05) is 18.2 Å². The fraction of sp³-hybridized carbons (Fsp3) is 0.176. The molecule has 0 spiro atoms. The number of ether oxygens (including phenoxy) is 1. The van der Waals surface area contributed by atoms with Crippen LogP contribution in [-0.4, -0.2) is 41.1 Å². The van der Waals surface area contributed by atoms with E-state index in [4.69, 9.17) is 23.9 Å². The number of furan rings is 1. The third-order valence-electron chi connectivity index (χ3n) is 3.58. The van der Waals surface area contributed by atoms with Crippen molar-refractivity contribution in [2.24, 2.45) is 0 Å². The van der Waals surface area contributed by atoms with E-state index in [9.17, 15) is 4.79 Å². The summed E-state index contributed by atoms with van der Waals surface area (Å²) < 4.78 is 15.7. The molecule has 0 radical (unpaired) electrons. The molecule has 0 aliphatic carbocycles. The number of aromatic nitrogens is 1. The zero-order valence-corrected chi connectivity index (χ0v) is 13.7. The topological polar surface area (TPSA) is 114 Å². The Labute approximate surface area is 149 Å². The molecule has 1 atom stereocenters. The van der Waals surface area contributed by atoms with E-state index in [-0.39, 0.29) is 13.0 Å². The summed E-state index contributed by atoms with van der Waals surface area (Å²) >= 11 is 0. The van der Waals surface area contributed by atoms with E-state index in [1.54, 1.807) is 24.6 Å². The molecule has 1 amide bonds. The molecule has 0 bridgehead atoms. The van der Waals surface area contributed by atoms with Crippen LogP contribution in [0.4, 0.5) is 0 Å². The van der Waals surface area contributed by atoms with Gasteiger partial charge in [0.15, 0.2) is 6.61 Å². The number of rotatable bonds is 8. The number of pyridine rings is 1. The van der Waals surface area contributed by atoms with Crippen LogP contribution in [0.5, 0.6) is 5.75 Å². The van der Waals surface area contributed by atoms with E-state index in [2.05, 4.69) is 10.3 Å². The van der Waals surface area contributed by atoms with Gasteiger partial charge in [0.05, 0.1) is 12.5 Å². The number of benzene rings is 1. The van der Waals surface area contributed by atoms with Gasteiger partial charge < -0.3 is 29.2 Å². The molecular formula is C17H17BN2O6. The number of fused-ring (bicyclic) bond motifs is 1. The molecule has 2 heterocycles. The van der Waals surface area contributed by atoms with Gasteiger partial charge in [0.1, 0.15) is 17.6 Å². The summed E-state index contributed by atoms with van der Waals surface area (Å²) in [6, 6.07) is 10.7. The fourth-order valence-corrected chi connectivity index (χ4v) is 2.47. The van der Waals surface area contributed by atoms with Crippen LogP contribution in [0.3, 0.4) is 0 Å². The molecule has 0 saturated heterocycles. The van der Waals surface area contributed by atoms with Crippen molar-refractivity contribution in [2.45, 2.75) is 12.6 Å². The quantitative estimate of drug-likeness (QED) is 0.405. The van der Waals surface area contributed by atoms with Crippen LogP contribution in [0, 0.1) is 0 Å². The van der Waals surface area contributed by atoms with Crippen molar-refractivity contribution >= 4 is 24.2 Å². The minimum absolute atomic E-state index is 0.188. The second-order valence-electron chi connectivity index (χ2n) is 5.46. The Hall–Kier alpha value is -2.88. The monoisotopic (exact) mass is 356 g/mol. The predicted molar refractivity (Wildman–Crippen MR) is 92.9 cm³/mol. The van der Waals surface area contributed by atoms with Crippen LogP contribution < -0.4 is 10.1 Å². The summed E-state index contributed by atoms with van der Waals surface area (Å²) in [5.74, 6) is -0.0320. The number of nitrogens with one attached hydrogen (secondary N) is 1. The largest absolute Gasteiger partial charge is 0.635 e. The number of para-hydroxylation sites is 1. The highest BCUT2D eigenvalue weighted by atomic mass is 16.6. The van der Waals surface area contributed by atoms with Crippen molar-refractivity contribution in [3.05, 3.63) is 60.6 Å². The first-order valence-corrected chi connectivity index (χ1v) is 7.91. The van der Waals surface area contributed by atoms with Gasteiger partial charge in [-0.3, -0.25) is 9.78 Å². The van der Waals surface area contributed by atoms with Crippen LogP contribution in [0.2, 0.25) is 0 Å². The zero-order valence-electron chi connectivity index (χ0n) is 13.7. The van der Waals surface area contributed by atoms with Crippen molar-refractivity contribution in [1.29, 1.82) is 0 Å². The van der Waals surface area contributed by atoms with E-state index in [1.807, 2.05) is 24.3 Å². The third-order valence-corrected chi connectivity index (χ3v) is 3.58. The van der Waals surface area contributed by atoms with Crippen LogP contribution in [0.15, 0.2) is 59.5 Å². The van der Waals surface area contributed by atoms with E-state index >= 15 is 0 Å². The van der Waals surface area contributed by atoms with Crippen molar-refractivity contribution in [3.8, 4) is 5.75 Å². The lowest BCUT2D eigenvalue weighted by Gasteiger charge is -2.19. The molecule has 0 unspecified atom stereocenters. The summed E-state index contributed by atoms with van der Waals surface area (Å²) in [7, 11) is -2.03. The number of carbonyl (C=O) groups excluding carboxylic acids is 1. The Balaban J connectivity index is 1.63. The van der Waals surface area contributed by atoms with Gasteiger partial charge in [-0.15, -0.1) is 0 Å². The minimum atomic E-state index is -2.03. The molecule has 2 aromatic heterocycles. The maximum atomic E-state index is 12.1. The van der Waals surface area contributed by atoms with Gasteiger partial charge in [-0.05, 0) is 18.2 Å². The van der Waals surface area contributed by atoms with E-state index < -0.39 is 19.5 Å².